The Kier molecular flexibility index (Phi) is 10.6. The number of nitrogens with one attached hydrogen (secondary N) is 2. The van der Waals surface area contributed by atoms with Crippen molar-refractivity contribution in [2.75, 3.05) is 49.6 Å². The van der Waals surface area contributed by atoms with Gasteiger partial charge in [-0.05, 0) is 68.1 Å². The second-order valence-corrected chi connectivity index (χ2v) is 16.0. The minimum absolute atomic E-state index is 0.178. The first-order valence-corrected chi connectivity index (χ1v) is 18.8. The van der Waals surface area contributed by atoms with Crippen molar-refractivity contribution in [3.8, 4) is 10.6 Å². The van der Waals surface area contributed by atoms with E-state index in [0.717, 1.165) is 23.5 Å². The number of benzene rings is 1. The molecule has 15 heteroatoms. The van der Waals surface area contributed by atoms with Gasteiger partial charge in [-0.15, -0.1) is 11.3 Å². The van der Waals surface area contributed by atoms with Gasteiger partial charge in [0, 0.05) is 60.4 Å². The molecular formula is C35H38F5N7OS2. The minimum atomic E-state index is -3.47. The quantitative estimate of drug-likeness (QED) is 0.165. The lowest BCUT2D eigenvalue weighted by molar-refractivity contribution is 0.220. The van der Waals surface area contributed by atoms with Crippen LogP contribution in [0.1, 0.15) is 31.0 Å². The molecule has 2 N–H and O–H groups in total. The van der Waals surface area contributed by atoms with Crippen LogP contribution in [0.15, 0.2) is 72.7 Å². The second kappa shape index (κ2) is 14.7. The Labute approximate surface area is 292 Å². The largest absolute Gasteiger partial charge is 0.367 e. The molecular weight excluding hydrogens is 694 g/mol. The van der Waals surface area contributed by atoms with Crippen molar-refractivity contribution in [3.63, 3.8) is 0 Å². The van der Waals surface area contributed by atoms with Gasteiger partial charge in [-0.3, -0.25) is 9.11 Å². The highest BCUT2D eigenvalue weighted by Gasteiger charge is 2.35. The summed E-state index contributed by atoms with van der Waals surface area (Å²) in [6.07, 6.45) is 8.89. The average Bonchev–Trinajstić information content (AvgIpc) is 3.52. The van der Waals surface area contributed by atoms with Crippen LogP contribution in [0.2, 0.25) is 0 Å². The number of halogens is 5. The van der Waals surface area contributed by atoms with Crippen LogP contribution in [0.4, 0.5) is 39.3 Å². The van der Waals surface area contributed by atoms with E-state index in [2.05, 4.69) is 30.9 Å². The van der Waals surface area contributed by atoms with Gasteiger partial charge in [0.25, 0.3) is 0 Å². The molecule has 1 saturated heterocycles. The zero-order valence-corrected chi connectivity index (χ0v) is 29.2. The molecule has 8 nitrogen and oxygen atoms in total. The van der Waals surface area contributed by atoms with Gasteiger partial charge in [0.15, 0.2) is 5.67 Å². The summed E-state index contributed by atoms with van der Waals surface area (Å²) in [4.78, 5) is 18.1. The topological polar surface area (TPSA) is 86.3 Å². The lowest BCUT2D eigenvalue weighted by Gasteiger charge is -2.35. The fourth-order valence-electron chi connectivity index (χ4n) is 6.04. The van der Waals surface area contributed by atoms with Crippen LogP contribution >= 0.6 is 11.3 Å². The summed E-state index contributed by atoms with van der Waals surface area (Å²) in [5.74, 6) is 2.56. The molecule has 50 heavy (non-hydrogen) atoms. The number of piperazine rings is 1. The molecule has 0 spiro atoms. The molecule has 3 aliphatic rings. The second-order valence-electron chi connectivity index (χ2n) is 12.8. The molecule has 6 rings (SSSR count). The predicted molar refractivity (Wildman–Crippen MR) is 193 cm³/mol. The van der Waals surface area contributed by atoms with Gasteiger partial charge in [-0.1, -0.05) is 24.3 Å². The van der Waals surface area contributed by atoms with Crippen LogP contribution in [0.5, 0.6) is 0 Å². The van der Waals surface area contributed by atoms with E-state index in [9.17, 15) is 17.4 Å². The van der Waals surface area contributed by atoms with Gasteiger partial charge in [-0.2, -0.15) is 0 Å². The maximum atomic E-state index is 15.3. The van der Waals surface area contributed by atoms with Gasteiger partial charge in [0.1, 0.15) is 34.7 Å². The summed E-state index contributed by atoms with van der Waals surface area (Å²) in [7, 11) is -3.47. The first kappa shape index (κ1) is 35.9. The minimum Gasteiger partial charge on any atom is -0.367 e. The van der Waals surface area contributed by atoms with E-state index >= 15 is 8.78 Å². The van der Waals surface area contributed by atoms with E-state index in [1.165, 1.54) is 32.2 Å². The number of nitrogens with zero attached hydrogens (tertiary/aromatic N) is 5. The molecule has 2 aliphatic carbocycles. The molecule has 0 bridgehead atoms. The van der Waals surface area contributed by atoms with Gasteiger partial charge in [-0.25, -0.2) is 41.6 Å². The summed E-state index contributed by atoms with van der Waals surface area (Å²) in [5, 5.41) is 1.68. The zero-order valence-electron chi connectivity index (χ0n) is 27.6. The summed E-state index contributed by atoms with van der Waals surface area (Å²) in [6, 6.07) is 5.82. The Balaban J connectivity index is 1.24. The van der Waals surface area contributed by atoms with Gasteiger partial charge in [0.2, 0.25) is 5.95 Å². The third-order valence-corrected chi connectivity index (χ3v) is 11.9. The first-order valence-electron chi connectivity index (χ1n) is 16.2. The van der Waals surface area contributed by atoms with Crippen molar-refractivity contribution in [3.05, 3.63) is 89.3 Å². The van der Waals surface area contributed by atoms with Gasteiger partial charge < -0.3 is 10.2 Å². The van der Waals surface area contributed by atoms with Crippen LogP contribution in [0.25, 0.3) is 16.1 Å². The molecule has 1 aliphatic heterocycles. The predicted octanol–water partition coefficient (Wildman–Crippen LogP) is 6.84. The van der Waals surface area contributed by atoms with Gasteiger partial charge in [0.05, 0.1) is 22.0 Å². The molecule has 0 amide bonds. The summed E-state index contributed by atoms with van der Waals surface area (Å²) >= 11 is 1.12. The number of allylic oxidation sites excluding steroid dienone is 5. The number of hydrogen-bond acceptors (Lipinski definition) is 8. The zero-order chi connectivity index (χ0) is 35.6. The Hall–Kier alpha value is -3.92. The fraction of sp³-hybridized carbons (Fsp3) is 0.371. The molecule has 4 unspecified atom stereocenters. The van der Waals surface area contributed by atoms with E-state index in [-0.39, 0.29) is 11.0 Å². The lowest BCUT2D eigenvalue weighted by atomic mass is 10.00. The lowest BCUT2D eigenvalue weighted by Crippen LogP contribution is -2.47. The molecule has 3 heterocycles. The van der Waals surface area contributed by atoms with E-state index in [0.29, 0.717) is 72.4 Å². The molecule has 0 saturated carbocycles. The maximum absolute atomic E-state index is 15.3. The van der Waals surface area contributed by atoms with Crippen molar-refractivity contribution in [2.24, 2.45) is 0 Å². The number of anilines is 3. The highest BCUT2D eigenvalue weighted by atomic mass is 32.2. The normalized spacial score (nSPS) is 22.6. The summed E-state index contributed by atoms with van der Waals surface area (Å²) in [6.45, 7) is 5.25. The Morgan fingerprint density at radius 3 is 2.62 bits per heavy atom. The number of aromatic nitrogens is 3. The van der Waals surface area contributed by atoms with Crippen molar-refractivity contribution < 1.29 is 26.2 Å². The molecule has 1 aromatic carbocycles. The molecule has 3 aromatic rings. The third kappa shape index (κ3) is 8.01. The molecule has 266 valence electrons. The van der Waals surface area contributed by atoms with Crippen molar-refractivity contribution in [1.82, 2.24) is 24.6 Å². The van der Waals surface area contributed by atoms with Crippen molar-refractivity contribution in [2.45, 2.75) is 43.4 Å². The van der Waals surface area contributed by atoms with E-state index in [4.69, 9.17) is 0 Å². The number of thiazole rings is 1. The third-order valence-electron chi connectivity index (χ3n) is 8.56. The molecule has 0 radical (unpaired) electrons. The van der Waals surface area contributed by atoms with E-state index < -0.39 is 51.2 Å². The Morgan fingerprint density at radius 2 is 1.92 bits per heavy atom. The number of rotatable bonds is 11. The van der Waals surface area contributed by atoms with Crippen LogP contribution in [-0.2, 0) is 15.4 Å². The monoisotopic (exact) mass is 731 g/mol. The molecule has 2 aromatic heterocycles. The standard InChI is InChI=1S/C35H38F5N7OS2/c1-35(2,40)33-44-30(22-6-4-7-24(20-22)45-50(3,48)32-25(37)8-5-9-26(32)38)31(49-33)28-12-14-41-34(43-28)42-23-10-11-29(27(39)21-23)47-18-16-46(15-13-36)17-19-47/h4-6,8-12,14,20-21,24-25,32H,3,7,13,15-19H2,1-2H3,(H,45,48)(H,41,42,43). The van der Waals surface area contributed by atoms with Crippen LogP contribution < -0.4 is 14.9 Å². The van der Waals surface area contributed by atoms with Crippen LogP contribution in [0.3, 0.4) is 0 Å². The average molecular weight is 732 g/mol. The van der Waals surface area contributed by atoms with Gasteiger partial charge >= 0.3 is 0 Å². The Morgan fingerprint density at radius 1 is 1.14 bits per heavy atom. The highest BCUT2D eigenvalue weighted by molar-refractivity contribution is 7.99. The Bertz CT molecular complexity index is 1950. The maximum Gasteiger partial charge on any atom is 0.227 e. The van der Waals surface area contributed by atoms with E-state index in [1.807, 2.05) is 9.80 Å². The highest BCUT2D eigenvalue weighted by Crippen LogP contribution is 2.40. The number of alkyl halides is 3. The smallest absolute Gasteiger partial charge is 0.227 e. The van der Waals surface area contributed by atoms with E-state index in [1.54, 1.807) is 36.4 Å². The summed E-state index contributed by atoms with van der Waals surface area (Å²) < 4.78 is 88.7. The summed E-state index contributed by atoms with van der Waals surface area (Å²) in [5.41, 5.74) is 0.513. The fourth-order valence-corrected chi connectivity index (χ4v) is 8.86. The SMILES string of the molecule is C=S(=O)(NC1C=C(c2nc(C(C)(C)F)sc2-c2ccnc(Nc3ccc(N4CCN(CCF)CC4)c(F)c3)n2)C=CC1)C1C(F)=CC=CC1F. The number of hydrogen-bond donors (Lipinski definition) is 2. The van der Waals surface area contributed by atoms with Crippen LogP contribution in [0, 0.1) is 5.82 Å². The van der Waals surface area contributed by atoms with Crippen LogP contribution in [-0.4, -0.2) is 86.8 Å². The molecule has 4 atom stereocenters. The van der Waals surface area contributed by atoms with Crippen molar-refractivity contribution >= 4 is 49.8 Å². The first-order chi connectivity index (χ1) is 23.8. The van der Waals surface area contributed by atoms with Crippen molar-refractivity contribution in [1.29, 1.82) is 0 Å². The molecule has 1 fully saturated rings.